The highest BCUT2D eigenvalue weighted by molar-refractivity contribution is 9.10. The van der Waals surface area contributed by atoms with E-state index in [4.69, 9.17) is 0 Å². The number of carbonyl (C=O) groups excluding carboxylic acids is 1. The van der Waals surface area contributed by atoms with Gasteiger partial charge in [-0.15, -0.1) is 0 Å². The maximum Gasteiger partial charge on any atom is 0.268 e. The summed E-state index contributed by atoms with van der Waals surface area (Å²) in [7, 11) is 1.83. The van der Waals surface area contributed by atoms with E-state index in [0.717, 1.165) is 30.2 Å². The number of carbonyl (C=O) groups is 1. The number of aliphatic hydroxyl groups is 1. The first-order valence-corrected chi connectivity index (χ1v) is 7.51. The van der Waals surface area contributed by atoms with Crippen molar-refractivity contribution in [3.8, 4) is 0 Å². The van der Waals surface area contributed by atoms with Crippen molar-refractivity contribution in [2.24, 2.45) is 13.0 Å². The van der Waals surface area contributed by atoms with Crippen LogP contribution >= 0.6 is 15.9 Å². The van der Waals surface area contributed by atoms with Crippen molar-refractivity contribution < 1.29 is 9.90 Å². The fourth-order valence-corrected chi connectivity index (χ4v) is 3.09. The Morgan fingerprint density at radius 3 is 2.74 bits per heavy atom. The lowest BCUT2D eigenvalue weighted by atomic mass is 9.79. The van der Waals surface area contributed by atoms with Crippen molar-refractivity contribution >= 4 is 21.8 Å². The van der Waals surface area contributed by atoms with Gasteiger partial charge in [0.2, 0.25) is 0 Å². The van der Waals surface area contributed by atoms with Crippen LogP contribution < -0.4 is 5.32 Å². The molecule has 0 atom stereocenters. The summed E-state index contributed by atoms with van der Waals surface area (Å²) in [5, 5.41) is 13.3. The van der Waals surface area contributed by atoms with Gasteiger partial charge in [0, 0.05) is 24.3 Å². The summed E-state index contributed by atoms with van der Waals surface area (Å²) in [6.07, 6.45) is 5.44. The summed E-state index contributed by atoms with van der Waals surface area (Å²) in [6.45, 7) is 2.54. The van der Waals surface area contributed by atoms with Crippen molar-refractivity contribution in [1.29, 1.82) is 0 Å². The molecule has 19 heavy (non-hydrogen) atoms. The van der Waals surface area contributed by atoms with Gasteiger partial charge in [-0.25, -0.2) is 0 Å². The SMILES string of the molecule is CC1CCC(O)(CNC(=O)c2cc(Br)cn2C)CC1. The summed E-state index contributed by atoms with van der Waals surface area (Å²) < 4.78 is 2.65. The van der Waals surface area contributed by atoms with Crippen molar-refractivity contribution in [3.05, 3.63) is 22.4 Å². The number of amides is 1. The lowest BCUT2D eigenvalue weighted by molar-refractivity contribution is -0.00546. The number of nitrogens with zero attached hydrogens (tertiary/aromatic N) is 1. The molecule has 1 aromatic heterocycles. The van der Waals surface area contributed by atoms with Crippen LogP contribution in [0.1, 0.15) is 43.1 Å². The Kier molecular flexibility index (Phi) is 4.36. The predicted octanol–water partition coefficient (Wildman–Crippen LogP) is 2.46. The molecule has 1 fully saturated rings. The molecule has 0 unspecified atom stereocenters. The van der Waals surface area contributed by atoms with Gasteiger partial charge in [-0.2, -0.15) is 0 Å². The van der Waals surface area contributed by atoms with Crippen LogP contribution in [-0.4, -0.2) is 27.7 Å². The highest BCUT2D eigenvalue weighted by Gasteiger charge is 2.32. The van der Waals surface area contributed by atoms with Gasteiger partial charge in [-0.1, -0.05) is 6.92 Å². The van der Waals surface area contributed by atoms with E-state index in [9.17, 15) is 9.90 Å². The smallest absolute Gasteiger partial charge is 0.268 e. The number of aryl methyl sites for hydroxylation is 1. The normalized spacial score (nSPS) is 27.3. The van der Waals surface area contributed by atoms with Crippen molar-refractivity contribution in [2.45, 2.75) is 38.2 Å². The minimum absolute atomic E-state index is 0.139. The summed E-state index contributed by atoms with van der Waals surface area (Å²) in [5.74, 6) is 0.542. The average Bonchev–Trinajstić information content (AvgIpc) is 2.70. The van der Waals surface area contributed by atoms with Crippen LogP contribution in [0.5, 0.6) is 0 Å². The van der Waals surface area contributed by atoms with Crippen LogP contribution in [0.15, 0.2) is 16.7 Å². The third kappa shape index (κ3) is 3.60. The van der Waals surface area contributed by atoms with E-state index in [1.807, 2.05) is 13.2 Å². The van der Waals surface area contributed by atoms with Crippen molar-refractivity contribution in [3.63, 3.8) is 0 Å². The summed E-state index contributed by atoms with van der Waals surface area (Å²) in [6, 6.07) is 1.78. The molecule has 1 heterocycles. The largest absolute Gasteiger partial charge is 0.388 e. The van der Waals surface area contributed by atoms with Gasteiger partial charge >= 0.3 is 0 Å². The summed E-state index contributed by atoms with van der Waals surface area (Å²) >= 11 is 3.35. The van der Waals surface area contributed by atoms with Gasteiger partial charge in [0.15, 0.2) is 0 Å². The molecule has 2 N–H and O–H groups in total. The number of hydrogen-bond acceptors (Lipinski definition) is 2. The second-order valence-electron chi connectivity index (χ2n) is 5.74. The quantitative estimate of drug-likeness (QED) is 0.895. The minimum atomic E-state index is -0.732. The first-order chi connectivity index (χ1) is 8.89. The van der Waals surface area contributed by atoms with E-state index in [2.05, 4.69) is 28.2 Å². The minimum Gasteiger partial charge on any atom is -0.388 e. The first kappa shape index (κ1) is 14.6. The monoisotopic (exact) mass is 328 g/mol. The lowest BCUT2D eigenvalue weighted by Crippen LogP contribution is -2.45. The molecule has 106 valence electrons. The Labute approximate surface area is 122 Å². The van der Waals surface area contributed by atoms with E-state index in [-0.39, 0.29) is 5.91 Å². The average molecular weight is 329 g/mol. The van der Waals surface area contributed by atoms with Gasteiger partial charge in [0.05, 0.1) is 5.60 Å². The van der Waals surface area contributed by atoms with Crippen LogP contribution in [-0.2, 0) is 7.05 Å². The van der Waals surface area contributed by atoms with Crippen molar-refractivity contribution in [2.75, 3.05) is 6.54 Å². The highest BCUT2D eigenvalue weighted by atomic mass is 79.9. The molecular weight excluding hydrogens is 308 g/mol. The third-order valence-corrected chi connectivity index (χ3v) is 4.42. The van der Waals surface area contributed by atoms with E-state index in [1.165, 1.54) is 0 Å². The van der Waals surface area contributed by atoms with E-state index >= 15 is 0 Å². The Hall–Kier alpha value is -0.810. The van der Waals surface area contributed by atoms with Crippen LogP contribution in [0.2, 0.25) is 0 Å². The molecule has 1 amide bonds. The Balaban J connectivity index is 1.92. The molecule has 0 radical (unpaired) electrons. The molecule has 1 saturated carbocycles. The number of rotatable bonds is 3. The van der Waals surface area contributed by atoms with E-state index < -0.39 is 5.60 Å². The van der Waals surface area contributed by atoms with Gasteiger partial charge in [0.25, 0.3) is 5.91 Å². The van der Waals surface area contributed by atoms with E-state index in [1.54, 1.807) is 10.6 Å². The Morgan fingerprint density at radius 1 is 1.58 bits per heavy atom. The molecule has 0 aliphatic heterocycles. The molecule has 4 nitrogen and oxygen atoms in total. The molecule has 2 rings (SSSR count). The molecule has 5 heteroatoms. The lowest BCUT2D eigenvalue weighted by Gasteiger charge is -2.34. The molecule has 0 spiro atoms. The second-order valence-corrected chi connectivity index (χ2v) is 6.66. The standard InChI is InChI=1S/C14H21BrN2O2/c1-10-3-5-14(19,6-4-10)9-16-13(18)12-7-11(15)8-17(12)2/h7-8,10,19H,3-6,9H2,1-2H3,(H,16,18). The number of aromatic nitrogens is 1. The van der Waals surface area contributed by atoms with Crippen molar-refractivity contribution in [1.82, 2.24) is 9.88 Å². The van der Waals surface area contributed by atoms with Crippen LogP contribution in [0.4, 0.5) is 0 Å². The molecular formula is C14H21BrN2O2. The molecule has 1 aliphatic carbocycles. The topological polar surface area (TPSA) is 54.3 Å². The van der Waals surface area contributed by atoms with E-state index in [0.29, 0.717) is 18.2 Å². The number of hydrogen-bond donors (Lipinski definition) is 2. The predicted molar refractivity (Wildman–Crippen MR) is 78.0 cm³/mol. The third-order valence-electron chi connectivity index (χ3n) is 3.99. The molecule has 0 aromatic carbocycles. The zero-order valence-electron chi connectivity index (χ0n) is 11.4. The van der Waals surface area contributed by atoms with Crippen LogP contribution in [0.3, 0.4) is 0 Å². The van der Waals surface area contributed by atoms with Gasteiger partial charge in [0.1, 0.15) is 5.69 Å². The highest BCUT2D eigenvalue weighted by Crippen LogP contribution is 2.31. The Morgan fingerprint density at radius 2 is 2.21 bits per heavy atom. The maximum atomic E-state index is 12.1. The molecule has 1 aliphatic rings. The van der Waals surface area contributed by atoms with Gasteiger partial charge < -0.3 is 15.0 Å². The maximum absolute atomic E-state index is 12.1. The zero-order valence-corrected chi connectivity index (χ0v) is 13.0. The molecule has 0 bridgehead atoms. The summed E-state index contributed by atoms with van der Waals surface area (Å²) in [4.78, 5) is 12.1. The molecule has 0 saturated heterocycles. The van der Waals surface area contributed by atoms with Gasteiger partial charge in [-0.05, 0) is 53.6 Å². The van der Waals surface area contributed by atoms with Crippen LogP contribution in [0, 0.1) is 5.92 Å². The van der Waals surface area contributed by atoms with Gasteiger partial charge in [-0.3, -0.25) is 4.79 Å². The second kappa shape index (κ2) is 5.67. The fourth-order valence-electron chi connectivity index (χ4n) is 2.56. The molecule has 1 aromatic rings. The summed E-state index contributed by atoms with van der Waals surface area (Å²) in [5.41, 5.74) is -0.135. The zero-order chi connectivity index (χ0) is 14.0. The fraction of sp³-hybridized carbons (Fsp3) is 0.643. The number of nitrogens with one attached hydrogen (secondary N) is 1. The first-order valence-electron chi connectivity index (χ1n) is 6.72. The Bertz CT molecular complexity index is 462. The number of halogens is 1. The van der Waals surface area contributed by atoms with Crippen LogP contribution in [0.25, 0.3) is 0 Å².